The predicted octanol–water partition coefficient (Wildman–Crippen LogP) is 1.47. The van der Waals surface area contributed by atoms with E-state index in [2.05, 4.69) is 0 Å². The molecule has 0 aliphatic carbocycles. The second kappa shape index (κ2) is 7.13. The fraction of sp³-hybridized carbons (Fsp3) is 0.500. The number of hydrogen-bond donors (Lipinski definition) is 2. The highest BCUT2D eigenvalue weighted by Gasteiger charge is 2.19. The second-order valence-corrected chi connectivity index (χ2v) is 4.34. The van der Waals surface area contributed by atoms with Gasteiger partial charge in [0.05, 0.1) is 19.8 Å². The van der Waals surface area contributed by atoms with Crippen LogP contribution in [0.2, 0.25) is 0 Å². The molecule has 2 atom stereocenters. The van der Waals surface area contributed by atoms with Gasteiger partial charge in [0.25, 0.3) is 0 Å². The third-order valence-electron chi connectivity index (χ3n) is 3.09. The lowest BCUT2D eigenvalue weighted by atomic mass is 9.92. The van der Waals surface area contributed by atoms with E-state index in [1.54, 1.807) is 7.11 Å². The van der Waals surface area contributed by atoms with Crippen molar-refractivity contribution in [1.29, 1.82) is 0 Å². The van der Waals surface area contributed by atoms with Gasteiger partial charge in [-0.2, -0.15) is 0 Å². The largest absolute Gasteiger partial charge is 0.497 e. The van der Waals surface area contributed by atoms with Crippen molar-refractivity contribution in [2.24, 2.45) is 5.73 Å². The molecular weight excluding hydrogens is 230 g/mol. The highest BCUT2D eigenvalue weighted by atomic mass is 16.5. The topological polar surface area (TPSA) is 72.6 Å². The van der Waals surface area contributed by atoms with E-state index in [4.69, 9.17) is 10.5 Å². The van der Waals surface area contributed by atoms with Crippen molar-refractivity contribution in [2.45, 2.75) is 31.7 Å². The molecule has 1 rings (SSSR count). The van der Waals surface area contributed by atoms with Crippen molar-refractivity contribution in [2.75, 3.05) is 13.7 Å². The van der Waals surface area contributed by atoms with Crippen molar-refractivity contribution < 1.29 is 14.6 Å². The SMILES string of the molecule is CC[C@@H](N)C(=O)C[C@H](CO)c1cccc(OC)c1. The zero-order chi connectivity index (χ0) is 13.5. The number of benzene rings is 1. The zero-order valence-electron chi connectivity index (χ0n) is 10.9. The fourth-order valence-corrected chi connectivity index (χ4v) is 1.81. The number of rotatable bonds is 7. The van der Waals surface area contributed by atoms with Gasteiger partial charge in [-0.3, -0.25) is 4.79 Å². The van der Waals surface area contributed by atoms with E-state index < -0.39 is 6.04 Å². The smallest absolute Gasteiger partial charge is 0.150 e. The Balaban J connectivity index is 2.79. The summed E-state index contributed by atoms with van der Waals surface area (Å²) >= 11 is 0. The molecule has 0 aliphatic rings. The maximum Gasteiger partial charge on any atom is 0.150 e. The Bertz CT molecular complexity index is 392. The van der Waals surface area contributed by atoms with Crippen LogP contribution in [0.1, 0.15) is 31.2 Å². The minimum absolute atomic E-state index is 0.0145. The minimum Gasteiger partial charge on any atom is -0.497 e. The molecule has 3 N–H and O–H groups in total. The van der Waals surface area contributed by atoms with Gasteiger partial charge in [0.2, 0.25) is 0 Å². The van der Waals surface area contributed by atoms with Crippen LogP contribution in [0.5, 0.6) is 5.75 Å². The lowest BCUT2D eigenvalue weighted by Crippen LogP contribution is -2.31. The highest BCUT2D eigenvalue weighted by Crippen LogP contribution is 2.24. The molecule has 0 aromatic heterocycles. The molecule has 0 saturated carbocycles. The fourth-order valence-electron chi connectivity index (χ4n) is 1.81. The number of Topliss-reactive ketones (excluding diaryl/α,β-unsaturated/α-hetero) is 1. The first kappa shape index (κ1) is 14.7. The number of carbonyl (C=O) groups excluding carboxylic acids is 1. The molecule has 0 bridgehead atoms. The van der Waals surface area contributed by atoms with Crippen LogP contribution in [-0.4, -0.2) is 30.6 Å². The van der Waals surface area contributed by atoms with Gasteiger partial charge in [0.1, 0.15) is 11.5 Å². The van der Waals surface area contributed by atoms with E-state index in [9.17, 15) is 9.90 Å². The Morgan fingerprint density at radius 1 is 1.50 bits per heavy atom. The number of methoxy groups -OCH3 is 1. The molecule has 0 saturated heterocycles. The van der Waals surface area contributed by atoms with Gasteiger partial charge in [0.15, 0.2) is 0 Å². The first-order valence-corrected chi connectivity index (χ1v) is 6.15. The van der Waals surface area contributed by atoms with Crippen LogP contribution >= 0.6 is 0 Å². The van der Waals surface area contributed by atoms with Crippen LogP contribution in [-0.2, 0) is 4.79 Å². The molecule has 4 nitrogen and oxygen atoms in total. The van der Waals surface area contributed by atoms with Gasteiger partial charge < -0.3 is 15.6 Å². The van der Waals surface area contributed by atoms with Gasteiger partial charge in [-0.15, -0.1) is 0 Å². The lowest BCUT2D eigenvalue weighted by molar-refractivity contribution is -0.120. The lowest BCUT2D eigenvalue weighted by Gasteiger charge is -2.16. The van der Waals surface area contributed by atoms with Crippen LogP contribution in [0.4, 0.5) is 0 Å². The molecule has 0 radical (unpaired) electrons. The Hall–Kier alpha value is -1.39. The van der Waals surface area contributed by atoms with Crippen molar-refractivity contribution in [3.63, 3.8) is 0 Å². The van der Waals surface area contributed by atoms with Gasteiger partial charge in [-0.25, -0.2) is 0 Å². The summed E-state index contributed by atoms with van der Waals surface area (Å²) in [5.74, 6) is 0.489. The van der Waals surface area contributed by atoms with Crippen molar-refractivity contribution in [3.8, 4) is 5.75 Å². The van der Waals surface area contributed by atoms with E-state index >= 15 is 0 Å². The zero-order valence-corrected chi connectivity index (χ0v) is 10.9. The molecule has 0 aliphatic heterocycles. The maximum absolute atomic E-state index is 11.8. The Kier molecular flexibility index (Phi) is 5.82. The van der Waals surface area contributed by atoms with Gasteiger partial charge in [-0.1, -0.05) is 19.1 Å². The summed E-state index contributed by atoms with van der Waals surface area (Å²) in [7, 11) is 1.59. The summed E-state index contributed by atoms with van der Waals surface area (Å²) in [6, 6.07) is 6.96. The summed E-state index contributed by atoms with van der Waals surface area (Å²) < 4.78 is 5.13. The number of aliphatic hydroxyl groups is 1. The molecule has 1 aromatic carbocycles. The van der Waals surface area contributed by atoms with Crippen LogP contribution < -0.4 is 10.5 Å². The Morgan fingerprint density at radius 2 is 2.22 bits per heavy atom. The average molecular weight is 251 g/mol. The molecule has 4 heteroatoms. The number of aliphatic hydroxyl groups excluding tert-OH is 1. The number of ether oxygens (including phenoxy) is 1. The maximum atomic E-state index is 11.8. The quantitative estimate of drug-likeness (QED) is 0.769. The van der Waals surface area contributed by atoms with Gasteiger partial charge >= 0.3 is 0 Å². The molecule has 1 aromatic rings. The highest BCUT2D eigenvalue weighted by molar-refractivity contribution is 5.84. The van der Waals surface area contributed by atoms with Crippen molar-refractivity contribution >= 4 is 5.78 Å². The van der Waals surface area contributed by atoms with Crippen LogP contribution in [0.15, 0.2) is 24.3 Å². The number of ketones is 1. The summed E-state index contributed by atoms with van der Waals surface area (Å²) in [6.45, 7) is 1.80. The van der Waals surface area contributed by atoms with Gasteiger partial charge in [0, 0.05) is 12.3 Å². The van der Waals surface area contributed by atoms with Crippen LogP contribution in [0.3, 0.4) is 0 Å². The number of carbonyl (C=O) groups is 1. The normalized spacial score (nSPS) is 14.0. The van der Waals surface area contributed by atoms with Gasteiger partial charge in [-0.05, 0) is 24.1 Å². The van der Waals surface area contributed by atoms with E-state index in [0.29, 0.717) is 6.42 Å². The molecule has 0 unspecified atom stereocenters. The average Bonchev–Trinajstić information content (AvgIpc) is 2.43. The second-order valence-electron chi connectivity index (χ2n) is 4.34. The summed E-state index contributed by atoms with van der Waals surface area (Å²) in [5.41, 5.74) is 6.59. The molecule has 0 fully saturated rings. The first-order chi connectivity index (χ1) is 8.62. The molecular formula is C14H21NO3. The number of hydrogen-bond acceptors (Lipinski definition) is 4. The summed E-state index contributed by atoms with van der Waals surface area (Å²) in [5, 5.41) is 9.41. The number of nitrogens with two attached hydrogens (primary N) is 1. The summed E-state index contributed by atoms with van der Waals surface area (Å²) in [4.78, 5) is 11.8. The van der Waals surface area contributed by atoms with Crippen molar-refractivity contribution in [1.82, 2.24) is 0 Å². The first-order valence-electron chi connectivity index (χ1n) is 6.15. The third-order valence-corrected chi connectivity index (χ3v) is 3.09. The Labute approximate surface area is 108 Å². The minimum atomic E-state index is -0.440. The van der Waals surface area contributed by atoms with E-state index in [1.165, 1.54) is 0 Å². The standard InChI is InChI=1S/C14H21NO3/c1-3-13(15)14(17)8-11(9-16)10-5-4-6-12(7-10)18-2/h4-7,11,13,16H,3,8-9,15H2,1-2H3/t11-,13-/m1/s1. The van der Waals surface area contributed by atoms with E-state index in [-0.39, 0.29) is 24.7 Å². The third kappa shape index (κ3) is 3.82. The molecule has 0 heterocycles. The van der Waals surface area contributed by atoms with E-state index in [1.807, 2.05) is 31.2 Å². The monoisotopic (exact) mass is 251 g/mol. The van der Waals surface area contributed by atoms with Crippen LogP contribution in [0.25, 0.3) is 0 Å². The predicted molar refractivity (Wildman–Crippen MR) is 70.7 cm³/mol. The summed E-state index contributed by atoms with van der Waals surface area (Å²) in [6.07, 6.45) is 0.883. The molecule has 0 amide bonds. The molecule has 18 heavy (non-hydrogen) atoms. The Morgan fingerprint density at radius 3 is 2.78 bits per heavy atom. The van der Waals surface area contributed by atoms with Crippen LogP contribution in [0, 0.1) is 0 Å². The molecule has 100 valence electrons. The van der Waals surface area contributed by atoms with E-state index in [0.717, 1.165) is 11.3 Å². The molecule has 0 spiro atoms. The van der Waals surface area contributed by atoms with Crippen molar-refractivity contribution in [3.05, 3.63) is 29.8 Å².